The molecule has 1 saturated heterocycles. The molecule has 0 radical (unpaired) electrons. The van der Waals surface area contributed by atoms with Crippen molar-refractivity contribution in [2.75, 3.05) is 26.2 Å². The fourth-order valence-corrected chi connectivity index (χ4v) is 3.76. The Morgan fingerprint density at radius 3 is 2.25 bits per heavy atom. The SMILES string of the molecule is O=C(C=Cc1ccc(C(F)(F)F)cc1)N1CCN(C(=O)c2cc3cc(Cl)ccc3[nH]2)CC1. The van der Waals surface area contributed by atoms with E-state index in [0.717, 1.165) is 23.0 Å². The lowest BCUT2D eigenvalue weighted by Crippen LogP contribution is -2.50. The summed E-state index contributed by atoms with van der Waals surface area (Å²) in [5.41, 5.74) is 1.04. The Balaban J connectivity index is 1.33. The van der Waals surface area contributed by atoms with Crippen LogP contribution in [-0.4, -0.2) is 52.8 Å². The molecule has 166 valence electrons. The molecule has 0 spiro atoms. The minimum atomic E-state index is -4.39. The van der Waals surface area contributed by atoms with Crippen LogP contribution in [0.1, 0.15) is 21.6 Å². The maximum Gasteiger partial charge on any atom is 0.416 e. The van der Waals surface area contributed by atoms with E-state index in [1.54, 1.807) is 28.0 Å². The molecule has 4 rings (SSSR count). The van der Waals surface area contributed by atoms with Gasteiger partial charge in [-0.1, -0.05) is 23.7 Å². The van der Waals surface area contributed by atoms with Gasteiger partial charge in [-0.25, -0.2) is 0 Å². The normalized spacial score (nSPS) is 15.0. The molecular weight excluding hydrogens is 443 g/mol. The van der Waals surface area contributed by atoms with Crippen molar-refractivity contribution in [3.63, 3.8) is 0 Å². The lowest BCUT2D eigenvalue weighted by atomic mass is 10.1. The number of amides is 2. The lowest BCUT2D eigenvalue weighted by Gasteiger charge is -2.34. The zero-order chi connectivity index (χ0) is 22.9. The summed E-state index contributed by atoms with van der Waals surface area (Å²) in [5, 5.41) is 1.44. The van der Waals surface area contributed by atoms with E-state index >= 15 is 0 Å². The standard InChI is InChI=1S/C23H19ClF3N3O2/c24-18-6-7-19-16(13-18)14-20(28-19)22(32)30-11-9-29(10-12-30)21(31)8-3-15-1-4-17(5-2-15)23(25,26)27/h1-8,13-14,28H,9-12H2. The van der Waals surface area contributed by atoms with Gasteiger partial charge < -0.3 is 14.8 Å². The molecule has 9 heteroatoms. The van der Waals surface area contributed by atoms with E-state index in [9.17, 15) is 22.8 Å². The first kappa shape index (κ1) is 22.0. The van der Waals surface area contributed by atoms with Crippen LogP contribution in [0.3, 0.4) is 0 Å². The second kappa shape index (κ2) is 8.70. The van der Waals surface area contributed by atoms with Gasteiger partial charge in [0.1, 0.15) is 5.69 Å². The molecule has 1 N–H and O–H groups in total. The second-order valence-electron chi connectivity index (χ2n) is 7.49. The zero-order valence-corrected chi connectivity index (χ0v) is 17.6. The summed E-state index contributed by atoms with van der Waals surface area (Å²) in [5.74, 6) is -0.401. The quantitative estimate of drug-likeness (QED) is 0.567. The van der Waals surface area contributed by atoms with E-state index in [4.69, 9.17) is 11.6 Å². The lowest BCUT2D eigenvalue weighted by molar-refractivity contribution is -0.137. The van der Waals surface area contributed by atoms with E-state index in [2.05, 4.69) is 4.98 Å². The Hall–Kier alpha value is -3.26. The van der Waals surface area contributed by atoms with E-state index in [1.807, 2.05) is 6.07 Å². The molecule has 1 aliphatic heterocycles. The number of piperazine rings is 1. The molecule has 0 aliphatic carbocycles. The highest BCUT2D eigenvalue weighted by atomic mass is 35.5. The molecular formula is C23H19ClF3N3O2. The van der Waals surface area contributed by atoms with Gasteiger partial charge in [-0.15, -0.1) is 0 Å². The molecule has 1 aromatic heterocycles. The van der Waals surface area contributed by atoms with Crippen molar-refractivity contribution in [2.45, 2.75) is 6.18 Å². The van der Waals surface area contributed by atoms with Gasteiger partial charge in [-0.3, -0.25) is 9.59 Å². The monoisotopic (exact) mass is 461 g/mol. The Morgan fingerprint density at radius 2 is 1.59 bits per heavy atom. The number of aromatic nitrogens is 1. The maximum atomic E-state index is 12.8. The number of rotatable bonds is 3. The van der Waals surface area contributed by atoms with Crippen molar-refractivity contribution in [3.05, 3.63) is 76.5 Å². The van der Waals surface area contributed by atoms with Crippen LogP contribution in [0.2, 0.25) is 5.02 Å². The Labute approximate surface area is 187 Å². The molecule has 0 saturated carbocycles. The van der Waals surface area contributed by atoms with Gasteiger partial charge in [0.15, 0.2) is 0 Å². The van der Waals surface area contributed by atoms with Gasteiger partial charge in [-0.05, 0) is 48.0 Å². The third kappa shape index (κ3) is 4.80. The summed E-state index contributed by atoms with van der Waals surface area (Å²) >= 11 is 5.99. The number of hydrogen-bond donors (Lipinski definition) is 1. The van der Waals surface area contributed by atoms with E-state index in [-0.39, 0.29) is 11.8 Å². The molecule has 0 atom stereocenters. The number of hydrogen-bond acceptors (Lipinski definition) is 2. The predicted molar refractivity (Wildman–Crippen MR) is 116 cm³/mol. The minimum Gasteiger partial charge on any atom is -0.351 e. The van der Waals surface area contributed by atoms with Gasteiger partial charge in [0, 0.05) is 48.2 Å². The molecule has 32 heavy (non-hydrogen) atoms. The molecule has 2 heterocycles. The zero-order valence-electron chi connectivity index (χ0n) is 16.8. The number of carbonyl (C=O) groups is 2. The van der Waals surface area contributed by atoms with Gasteiger partial charge in [0.25, 0.3) is 5.91 Å². The number of nitrogens with zero attached hydrogens (tertiary/aromatic N) is 2. The van der Waals surface area contributed by atoms with Crippen LogP contribution in [0, 0.1) is 0 Å². The highest BCUT2D eigenvalue weighted by Crippen LogP contribution is 2.29. The Bertz CT molecular complexity index is 1180. The summed E-state index contributed by atoms with van der Waals surface area (Å²) in [6.45, 7) is 1.51. The summed E-state index contributed by atoms with van der Waals surface area (Å²) in [7, 11) is 0. The molecule has 5 nitrogen and oxygen atoms in total. The van der Waals surface area contributed by atoms with E-state index in [0.29, 0.717) is 42.5 Å². The Morgan fingerprint density at radius 1 is 0.938 bits per heavy atom. The molecule has 2 aromatic carbocycles. The first-order chi connectivity index (χ1) is 15.2. The van der Waals surface area contributed by atoms with Crippen LogP contribution in [0.25, 0.3) is 17.0 Å². The molecule has 0 unspecified atom stereocenters. The topological polar surface area (TPSA) is 56.4 Å². The van der Waals surface area contributed by atoms with Crippen LogP contribution in [-0.2, 0) is 11.0 Å². The number of H-pyrrole nitrogens is 1. The van der Waals surface area contributed by atoms with Crippen LogP contribution in [0.4, 0.5) is 13.2 Å². The average Bonchev–Trinajstić information content (AvgIpc) is 3.20. The fourth-order valence-electron chi connectivity index (χ4n) is 3.58. The molecule has 2 amide bonds. The van der Waals surface area contributed by atoms with Crippen LogP contribution in [0.15, 0.2) is 54.6 Å². The first-order valence-electron chi connectivity index (χ1n) is 9.92. The first-order valence-corrected chi connectivity index (χ1v) is 10.3. The third-order valence-corrected chi connectivity index (χ3v) is 5.58. The molecule has 1 fully saturated rings. The number of fused-ring (bicyclic) bond motifs is 1. The number of halogens is 4. The third-order valence-electron chi connectivity index (χ3n) is 5.35. The highest BCUT2D eigenvalue weighted by Gasteiger charge is 2.30. The van der Waals surface area contributed by atoms with E-state index < -0.39 is 11.7 Å². The molecule has 3 aromatic rings. The van der Waals surface area contributed by atoms with Gasteiger partial charge >= 0.3 is 6.18 Å². The fraction of sp³-hybridized carbons (Fsp3) is 0.217. The average molecular weight is 462 g/mol. The van der Waals surface area contributed by atoms with Crippen molar-refractivity contribution in [3.8, 4) is 0 Å². The number of carbonyl (C=O) groups excluding carboxylic acids is 2. The number of nitrogens with one attached hydrogen (secondary N) is 1. The van der Waals surface area contributed by atoms with Crippen LogP contribution < -0.4 is 0 Å². The van der Waals surface area contributed by atoms with Gasteiger partial charge in [0.05, 0.1) is 5.56 Å². The van der Waals surface area contributed by atoms with E-state index in [1.165, 1.54) is 24.3 Å². The Kier molecular flexibility index (Phi) is 5.97. The second-order valence-corrected chi connectivity index (χ2v) is 7.92. The molecule has 0 bridgehead atoms. The van der Waals surface area contributed by atoms with Crippen molar-refractivity contribution < 1.29 is 22.8 Å². The van der Waals surface area contributed by atoms with Crippen molar-refractivity contribution >= 4 is 40.4 Å². The number of aromatic amines is 1. The summed E-state index contributed by atoms with van der Waals surface area (Å²) in [6, 6.07) is 11.7. The van der Waals surface area contributed by atoms with Gasteiger partial charge in [-0.2, -0.15) is 13.2 Å². The van der Waals surface area contributed by atoms with Crippen molar-refractivity contribution in [2.24, 2.45) is 0 Å². The maximum absolute atomic E-state index is 12.8. The number of benzene rings is 2. The van der Waals surface area contributed by atoms with Crippen LogP contribution >= 0.6 is 11.6 Å². The largest absolute Gasteiger partial charge is 0.416 e. The predicted octanol–water partition coefficient (Wildman–Crippen LogP) is 4.84. The van der Waals surface area contributed by atoms with Crippen LogP contribution in [0.5, 0.6) is 0 Å². The summed E-state index contributed by atoms with van der Waals surface area (Å²) in [4.78, 5) is 31.6. The molecule has 1 aliphatic rings. The highest BCUT2D eigenvalue weighted by molar-refractivity contribution is 6.31. The summed E-state index contributed by atoms with van der Waals surface area (Å²) in [6.07, 6.45) is -1.58. The van der Waals surface area contributed by atoms with Gasteiger partial charge in [0.2, 0.25) is 5.91 Å². The smallest absolute Gasteiger partial charge is 0.351 e. The minimum absolute atomic E-state index is 0.148. The van der Waals surface area contributed by atoms with Crippen molar-refractivity contribution in [1.82, 2.24) is 14.8 Å². The number of alkyl halides is 3. The summed E-state index contributed by atoms with van der Waals surface area (Å²) < 4.78 is 37.9. The van der Waals surface area contributed by atoms with Crippen molar-refractivity contribution in [1.29, 1.82) is 0 Å².